The molecule has 0 spiro atoms. The summed E-state index contributed by atoms with van der Waals surface area (Å²) < 4.78 is 41.4. The Bertz CT molecular complexity index is 1630. The van der Waals surface area contributed by atoms with E-state index in [1.165, 1.54) is 24.3 Å². The number of halogens is 2. The van der Waals surface area contributed by atoms with Gasteiger partial charge in [-0.15, -0.1) is 0 Å². The van der Waals surface area contributed by atoms with E-state index in [-0.39, 0.29) is 46.4 Å². The Morgan fingerprint density at radius 3 is 1.20 bits per heavy atom. The number of rotatable bonds is 12. The summed E-state index contributed by atoms with van der Waals surface area (Å²) in [5.74, 6) is 0.137. The molecule has 2 N–H and O–H groups in total. The first-order valence-electron chi connectivity index (χ1n) is 17.2. The van der Waals surface area contributed by atoms with Crippen LogP contribution in [0.4, 0.5) is 8.78 Å². The average Bonchev–Trinajstić information content (AvgIpc) is 2.96. The quantitative estimate of drug-likeness (QED) is 0.147. The molecule has 264 valence electrons. The molecule has 4 aromatic carbocycles. The van der Waals surface area contributed by atoms with E-state index in [1.807, 2.05) is 24.3 Å². The van der Waals surface area contributed by atoms with Crippen molar-refractivity contribution in [3.63, 3.8) is 0 Å². The van der Waals surface area contributed by atoms with Crippen molar-refractivity contribution in [3.8, 4) is 45.3 Å². The first-order chi connectivity index (χ1) is 22.6. The summed E-state index contributed by atoms with van der Waals surface area (Å²) in [6, 6.07) is 19.6. The fourth-order valence-corrected chi connectivity index (χ4v) is 7.30. The zero-order chi connectivity index (χ0) is 36.4. The molecule has 0 amide bonds. The third kappa shape index (κ3) is 9.99. The van der Waals surface area contributed by atoms with Crippen molar-refractivity contribution in [2.24, 2.45) is 10.8 Å². The molecule has 0 unspecified atom stereocenters. The van der Waals surface area contributed by atoms with Crippen LogP contribution in [-0.2, 0) is 10.8 Å². The summed E-state index contributed by atoms with van der Waals surface area (Å²) in [5, 5.41) is 21.7. The van der Waals surface area contributed by atoms with Crippen molar-refractivity contribution in [3.05, 3.63) is 95.6 Å². The highest BCUT2D eigenvalue weighted by molar-refractivity contribution is 5.77. The van der Waals surface area contributed by atoms with Crippen LogP contribution in [0.2, 0.25) is 0 Å². The van der Waals surface area contributed by atoms with E-state index in [0.29, 0.717) is 40.2 Å². The Kier molecular flexibility index (Phi) is 11.1. The molecule has 4 rings (SSSR count). The Labute approximate surface area is 292 Å². The molecule has 0 bridgehead atoms. The molecule has 0 aliphatic carbocycles. The molecule has 0 radical (unpaired) electrons. The maximum Gasteiger partial charge on any atom is 0.127 e. The van der Waals surface area contributed by atoms with Crippen LogP contribution < -0.4 is 9.47 Å². The smallest absolute Gasteiger partial charge is 0.127 e. The van der Waals surface area contributed by atoms with Crippen molar-refractivity contribution in [1.29, 1.82) is 0 Å². The fourth-order valence-electron chi connectivity index (χ4n) is 7.30. The van der Waals surface area contributed by atoms with Gasteiger partial charge in [-0.1, -0.05) is 81.4 Å². The van der Waals surface area contributed by atoms with Crippen LogP contribution in [0.25, 0.3) is 22.3 Å². The largest absolute Gasteiger partial charge is 0.507 e. The van der Waals surface area contributed by atoms with Crippen LogP contribution in [0.5, 0.6) is 23.0 Å². The normalized spacial score (nSPS) is 12.7. The monoisotopic (exact) mass is 672 g/mol. The molecule has 0 heterocycles. The molecule has 0 aromatic heterocycles. The van der Waals surface area contributed by atoms with Crippen molar-refractivity contribution >= 4 is 0 Å². The minimum Gasteiger partial charge on any atom is -0.507 e. The van der Waals surface area contributed by atoms with E-state index in [0.717, 1.165) is 24.0 Å². The summed E-state index contributed by atoms with van der Waals surface area (Å²) in [7, 11) is 0. The molecule has 0 fully saturated rings. The molecule has 6 heteroatoms. The highest BCUT2D eigenvalue weighted by Gasteiger charge is 2.30. The van der Waals surface area contributed by atoms with E-state index in [2.05, 4.69) is 69.2 Å². The van der Waals surface area contributed by atoms with Crippen LogP contribution in [0.15, 0.2) is 72.8 Å². The van der Waals surface area contributed by atoms with Crippen molar-refractivity contribution < 1.29 is 28.5 Å². The summed E-state index contributed by atoms with van der Waals surface area (Å²) in [6.45, 7) is 22.4. The van der Waals surface area contributed by atoms with Crippen LogP contribution in [-0.4, -0.2) is 23.4 Å². The highest BCUT2D eigenvalue weighted by atomic mass is 19.1. The maximum atomic E-state index is 14.5. The number of phenols is 2. The van der Waals surface area contributed by atoms with E-state index in [9.17, 15) is 19.0 Å². The molecular weight excluding hydrogens is 618 g/mol. The van der Waals surface area contributed by atoms with Gasteiger partial charge in [0.05, 0.1) is 13.2 Å². The fraction of sp³-hybridized carbons (Fsp3) is 0.442. The Hall–Kier alpha value is -4.06. The Balaban J connectivity index is 1.51. The van der Waals surface area contributed by atoms with E-state index < -0.39 is 11.6 Å². The minimum absolute atomic E-state index is 0.0482. The molecular formula is C43H54F2O4. The van der Waals surface area contributed by atoms with Crippen molar-refractivity contribution in [2.45, 2.75) is 99.3 Å². The zero-order valence-corrected chi connectivity index (χ0v) is 30.9. The molecule has 0 saturated carbocycles. The summed E-state index contributed by atoms with van der Waals surface area (Å²) in [6.07, 6.45) is 2.32. The molecule has 0 atom stereocenters. The second-order valence-corrected chi connectivity index (χ2v) is 17.0. The van der Waals surface area contributed by atoms with E-state index >= 15 is 0 Å². The third-order valence-corrected chi connectivity index (χ3v) is 8.77. The van der Waals surface area contributed by atoms with E-state index in [4.69, 9.17) is 9.47 Å². The third-order valence-electron chi connectivity index (χ3n) is 8.77. The second kappa shape index (κ2) is 14.4. The van der Waals surface area contributed by atoms with Gasteiger partial charge in [0, 0.05) is 28.7 Å². The van der Waals surface area contributed by atoms with E-state index in [1.54, 1.807) is 24.3 Å². The number of hydrogen-bond donors (Lipinski definition) is 2. The number of phenolic OH excluding ortho intramolecular Hbond substituents is 2. The number of hydrogen-bond acceptors (Lipinski definition) is 4. The standard InChI is InChI=1S/C43H54F2O4/c1-40(2,3)26-42(7,8)28-12-16-36(46)32(22-28)34-24-30(44)14-18-38(34)48-20-11-21-49-39-19-15-31(45)25-35(39)33-23-29(13-17-37(33)47)43(9,10)27-41(4,5)6/h12-19,22-25,46-47H,11,20-21,26-27H2,1-10H3. The Morgan fingerprint density at radius 2 is 0.857 bits per heavy atom. The minimum atomic E-state index is -0.428. The molecule has 4 nitrogen and oxygen atoms in total. The molecule has 49 heavy (non-hydrogen) atoms. The molecule has 0 aliphatic heterocycles. The lowest BCUT2D eigenvalue weighted by molar-refractivity contribution is 0.248. The first-order valence-corrected chi connectivity index (χ1v) is 17.2. The van der Waals surface area contributed by atoms with Gasteiger partial charge < -0.3 is 19.7 Å². The summed E-state index contributed by atoms with van der Waals surface area (Å²) in [5.41, 5.74) is 3.89. The number of aromatic hydroxyl groups is 2. The SMILES string of the molecule is CC(C)(C)CC(C)(C)c1ccc(O)c(-c2cc(F)ccc2OCCCOc2ccc(F)cc2-c2cc(C(C)(C)CC(C)(C)C)ccc2O)c1. The lowest BCUT2D eigenvalue weighted by Gasteiger charge is -2.33. The average molecular weight is 673 g/mol. The predicted molar refractivity (Wildman–Crippen MR) is 197 cm³/mol. The van der Waals surface area contributed by atoms with Crippen LogP contribution in [0.1, 0.15) is 99.6 Å². The lowest BCUT2D eigenvalue weighted by Crippen LogP contribution is -2.24. The topological polar surface area (TPSA) is 58.9 Å². The number of ether oxygens (including phenoxy) is 2. The molecule has 0 saturated heterocycles. The van der Waals surface area contributed by atoms with Crippen molar-refractivity contribution in [1.82, 2.24) is 0 Å². The Morgan fingerprint density at radius 1 is 0.490 bits per heavy atom. The van der Waals surface area contributed by atoms with Crippen molar-refractivity contribution in [2.75, 3.05) is 13.2 Å². The van der Waals surface area contributed by atoms with Crippen LogP contribution in [0, 0.1) is 22.5 Å². The van der Waals surface area contributed by atoms with Gasteiger partial charge in [0.25, 0.3) is 0 Å². The summed E-state index contributed by atoms with van der Waals surface area (Å²) in [4.78, 5) is 0. The zero-order valence-electron chi connectivity index (χ0n) is 30.9. The van der Waals surface area contributed by atoms with Gasteiger partial charge >= 0.3 is 0 Å². The lowest BCUT2D eigenvalue weighted by atomic mass is 9.72. The van der Waals surface area contributed by atoms with Gasteiger partial charge in [-0.2, -0.15) is 0 Å². The van der Waals surface area contributed by atoms with Gasteiger partial charge in [0.15, 0.2) is 0 Å². The molecule has 4 aromatic rings. The van der Waals surface area contributed by atoms with Gasteiger partial charge in [-0.3, -0.25) is 0 Å². The molecule has 0 aliphatic rings. The predicted octanol–water partition coefficient (Wildman–Crippen LogP) is 12.0. The summed E-state index contributed by atoms with van der Waals surface area (Å²) >= 11 is 0. The number of benzene rings is 4. The van der Waals surface area contributed by atoms with Crippen LogP contribution >= 0.6 is 0 Å². The van der Waals surface area contributed by atoms with Gasteiger partial charge in [0.2, 0.25) is 0 Å². The van der Waals surface area contributed by atoms with Gasteiger partial charge in [0.1, 0.15) is 34.6 Å². The highest BCUT2D eigenvalue weighted by Crippen LogP contribution is 2.44. The van der Waals surface area contributed by atoms with Crippen LogP contribution in [0.3, 0.4) is 0 Å². The van der Waals surface area contributed by atoms with Gasteiger partial charge in [-0.05, 0) is 106 Å². The maximum absolute atomic E-state index is 14.5. The van der Waals surface area contributed by atoms with Gasteiger partial charge in [-0.25, -0.2) is 8.78 Å². The second-order valence-electron chi connectivity index (χ2n) is 17.0. The first kappa shape index (κ1) is 37.8.